The minimum absolute atomic E-state index is 0.195. The van der Waals surface area contributed by atoms with Gasteiger partial charge >= 0.3 is 0 Å². The number of Topliss-reactive ketones (excluding diaryl/α,β-unsaturated/α-hetero) is 4. The van der Waals surface area contributed by atoms with E-state index in [0.29, 0.717) is 11.1 Å². The zero-order valence-corrected chi connectivity index (χ0v) is 22.5. The van der Waals surface area contributed by atoms with Crippen molar-refractivity contribution in [3.05, 3.63) is 63.6 Å². The van der Waals surface area contributed by atoms with E-state index >= 15 is 0 Å². The summed E-state index contributed by atoms with van der Waals surface area (Å²) in [4.78, 5) is 68.1. The van der Waals surface area contributed by atoms with Gasteiger partial charge in [0, 0.05) is 10.4 Å². The first kappa shape index (κ1) is 27.1. The van der Waals surface area contributed by atoms with Crippen LogP contribution in [0, 0.1) is 23.7 Å². The molecule has 3 aliphatic rings. The van der Waals surface area contributed by atoms with E-state index in [4.69, 9.17) is 5.73 Å². The highest BCUT2D eigenvalue weighted by molar-refractivity contribution is 9.10. The van der Waals surface area contributed by atoms with Gasteiger partial charge in [-0.15, -0.1) is 0 Å². The van der Waals surface area contributed by atoms with Crippen molar-refractivity contribution in [2.24, 2.45) is 29.4 Å². The number of aliphatic hydroxyl groups is 2. The van der Waals surface area contributed by atoms with Gasteiger partial charge in [-0.3, -0.25) is 28.9 Å². The largest absolute Gasteiger partial charge is 0.507 e. The van der Waals surface area contributed by atoms with E-state index in [1.807, 2.05) is 0 Å². The smallest absolute Gasteiger partial charge is 0.235 e. The molecule has 2 fully saturated rings. The van der Waals surface area contributed by atoms with Gasteiger partial charge in [-0.2, -0.15) is 0 Å². The number of carbonyl (C=O) groups excluding carboxylic acids is 5. The zero-order chi connectivity index (χ0) is 28.5. The van der Waals surface area contributed by atoms with Gasteiger partial charge in [-0.05, 0) is 49.0 Å². The predicted molar refractivity (Wildman–Crippen MR) is 141 cm³/mol. The Balaban J connectivity index is 1.79. The summed E-state index contributed by atoms with van der Waals surface area (Å²) in [6, 6.07) is 9.96. The number of rotatable bonds is 3. The van der Waals surface area contributed by atoms with Crippen LogP contribution >= 0.6 is 15.9 Å². The van der Waals surface area contributed by atoms with E-state index < -0.39 is 76.2 Å². The summed E-state index contributed by atoms with van der Waals surface area (Å²) in [6.07, 6.45) is -0.105. The number of phenolic OH excluding ortho intramolecular Hbond substituents is 1. The number of aliphatic hydroxyl groups excluding tert-OH is 1. The van der Waals surface area contributed by atoms with Gasteiger partial charge in [-0.25, -0.2) is 0 Å². The van der Waals surface area contributed by atoms with Gasteiger partial charge in [0.15, 0.2) is 34.7 Å². The van der Waals surface area contributed by atoms with Crippen LogP contribution < -0.4 is 5.73 Å². The molecule has 3 aliphatic carbocycles. The van der Waals surface area contributed by atoms with E-state index in [9.17, 15) is 39.3 Å². The minimum atomic E-state index is -3.05. The van der Waals surface area contributed by atoms with Crippen molar-refractivity contribution < 1.29 is 39.3 Å². The number of primary amides is 1. The standard InChI is InChI=1S/C28H25BrN2O8/c1-31(2)21-20-23(34)17-14(10-11-6-8-12(29)9-7-11)13-4-3-5-15(32)16(13)22(33)18(17)25(36)28(20,39)26(37)19(24(21)35)27(30)38/h3-10,17-21,23,32,34,39H,1-2H3,(H2,30,38). The lowest BCUT2D eigenvalue weighted by molar-refractivity contribution is -0.192. The van der Waals surface area contributed by atoms with Crippen LogP contribution in [0.15, 0.2) is 46.9 Å². The highest BCUT2D eigenvalue weighted by Gasteiger charge is 2.72. The fourth-order valence-electron chi connectivity index (χ4n) is 6.41. The molecule has 39 heavy (non-hydrogen) atoms. The number of aromatic hydroxyl groups is 1. The van der Waals surface area contributed by atoms with Crippen molar-refractivity contribution in [3.8, 4) is 5.75 Å². The third kappa shape index (κ3) is 3.75. The number of hydrogen-bond acceptors (Lipinski definition) is 9. The quantitative estimate of drug-likeness (QED) is 0.369. The van der Waals surface area contributed by atoms with E-state index in [-0.39, 0.29) is 11.1 Å². The van der Waals surface area contributed by atoms with Crippen molar-refractivity contribution in [1.82, 2.24) is 4.90 Å². The Morgan fingerprint density at radius 2 is 1.69 bits per heavy atom. The maximum atomic E-state index is 14.1. The summed E-state index contributed by atoms with van der Waals surface area (Å²) in [6.45, 7) is 0. The summed E-state index contributed by atoms with van der Waals surface area (Å²) >= 11 is 3.36. The molecule has 5 rings (SSSR count). The van der Waals surface area contributed by atoms with Crippen LogP contribution in [0.1, 0.15) is 21.5 Å². The summed E-state index contributed by atoms with van der Waals surface area (Å²) in [5.41, 5.74) is 3.31. The van der Waals surface area contributed by atoms with E-state index in [1.54, 1.807) is 36.4 Å². The van der Waals surface area contributed by atoms with Crippen LogP contribution in [0.2, 0.25) is 0 Å². The normalized spacial score (nSPS) is 33.1. The maximum Gasteiger partial charge on any atom is 0.235 e. The first-order chi connectivity index (χ1) is 18.3. The van der Waals surface area contributed by atoms with Gasteiger partial charge in [0.25, 0.3) is 0 Å². The van der Waals surface area contributed by atoms with Crippen molar-refractivity contribution >= 4 is 56.6 Å². The molecule has 5 N–H and O–H groups in total. The maximum absolute atomic E-state index is 14.1. The van der Waals surface area contributed by atoms with Crippen molar-refractivity contribution in [2.45, 2.75) is 17.7 Å². The highest BCUT2D eigenvalue weighted by Crippen LogP contribution is 2.54. The second kappa shape index (κ2) is 9.30. The first-order valence-corrected chi connectivity index (χ1v) is 12.9. The number of fused-ring (bicyclic) bond motifs is 3. The van der Waals surface area contributed by atoms with Crippen molar-refractivity contribution in [1.29, 1.82) is 0 Å². The molecule has 0 radical (unpaired) electrons. The number of nitrogens with two attached hydrogens (primary N) is 1. The molecule has 7 unspecified atom stereocenters. The molecule has 0 aliphatic heterocycles. The van der Waals surface area contributed by atoms with E-state index in [0.717, 1.165) is 4.47 Å². The Morgan fingerprint density at radius 3 is 2.28 bits per heavy atom. The monoisotopic (exact) mass is 596 g/mol. The molecule has 7 atom stereocenters. The summed E-state index contributed by atoms with van der Waals surface area (Å²) in [5, 5.41) is 34.2. The molecule has 1 amide bonds. The lowest BCUT2D eigenvalue weighted by Crippen LogP contribution is -2.77. The molecule has 202 valence electrons. The number of amides is 1. The molecular weight excluding hydrogens is 572 g/mol. The first-order valence-electron chi connectivity index (χ1n) is 12.1. The number of nitrogens with zero attached hydrogens (tertiary/aromatic N) is 1. The minimum Gasteiger partial charge on any atom is -0.507 e. The highest BCUT2D eigenvalue weighted by atomic mass is 79.9. The Morgan fingerprint density at radius 1 is 1.05 bits per heavy atom. The average molecular weight is 597 g/mol. The number of likely N-dealkylation sites (N-methyl/N-ethyl adjacent to an activating group) is 1. The predicted octanol–water partition coefficient (Wildman–Crippen LogP) is 0.598. The molecular formula is C28H25BrN2O8. The van der Waals surface area contributed by atoms with Gasteiger partial charge in [0.1, 0.15) is 5.75 Å². The van der Waals surface area contributed by atoms with Crippen LogP contribution in [0.4, 0.5) is 0 Å². The molecule has 10 nitrogen and oxygen atoms in total. The third-order valence-electron chi connectivity index (χ3n) is 8.06. The van der Waals surface area contributed by atoms with Crippen LogP contribution in [-0.4, -0.2) is 81.1 Å². The summed E-state index contributed by atoms with van der Waals surface area (Å²) in [5.74, 6) is -13.2. The molecule has 2 aromatic rings. The Hall–Kier alpha value is -3.51. The van der Waals surface area contributed by atoms with Crippen LogP contribution in [0.25, 0.3) is 11.6 Å². The zero-order valence-electron chi connectivity index (χ0n) is 20.9. The second-order valence-corrected chi connectivity index (χ2v) is 11.3. The molecule has 0 aromatic heterocycles. The molecule has 0 bridgehead atoms. The fraction of sp³-hybridized carbons (Fsp3) is 0.321. The van der Waals surface area contributed by atoms with E-state index in [2.05, 4.69) is 15.9 Å². The van der Waals surface area contributed by atoms with Gasteiger partial charge in [0.2, 0.25) is 5.91 Å². The SMILES string of the molecule is CN(C)C1C(=O)C(C(N)=O)C(=O)C2(O)C(=O)C3C(=O)c4c(O)cccc4C(=Cc4ccc(Br)cc4)C3C(O)C12. The number of halogens is 1. The Labute approximate surface area is 231 Å². The molecule has 2 aromatic carbocycles. The average Bonchev–Trinajstić information content (AvgIpc) is 2.86. The second-order valence-electron chi connectivity index (χ2n) is 10.4. The lowest BCUT2D eigenvalue weighted by atomic mass is 9.50. The fourth-order valence-corrected chi connectivity index (χ4v) is 6.67. The lowest BCUT2D eigenvalue weighted by Gasteiger charge is -2.55. The van der Waals surface area contributed by atoms with Gasteiger partial charge in [-0.1, -0.05) is 46.3 Å². The van der Waals surface area contributed by atoms with Crippen molar-refractivity contribution in [3.63, 3.8) is 0 Å². The summed E-state index contributed by atoms with van der Waals surface area (Å²) in [7, 11) is 2.89. The molecule has 0 spiro atoms. The molecule has 11 heteroatoms. The van der Waals surface area contributed by atoms with Crippen molar-refractivity contribution in [2.75, 3.05) is 14.1 Å². The molecule has 0 heterocycles. The number of carbonyl (C=O) groups is 5. The number of phenols is 1. The topological polar surface area (TPSA) is 175 Å². The number of benzene rings is 2. The third-order valence-corrected chi connectivity index (χ3v) is 8.59. The van der Waals surface area contributed by atoms with Crippen LogP contribution in [0.3, 0.4) is 0 Å². The number of hydrogen-bond donors (Lipinski definition) is 4. The van der Waals surface area contributed by atoms with Gasteiger partial charge in [0.05, 0.1) is 29.5 Å². The number of ketones is 4. The van der Waals surface area contributed by atoms with E-state index in [1.165, 1.54) is 31.1 Å². The molecule has 2 saturated carbocycles. The van der Waals surface area contributed by atoms with Crippen LogP contribution in [-0.2, 0) is 19.2 Å². The Bertz CT molecular complexity index is 1480. The van der Waals surface area contributed by atoms with Crippen LogP contribution in [0.5, 0.6) is 5.75 Å². The molecule has 0 saturated heterocycles. The van der Waals surface area contributed by atoms with Gasteiger partial charge < -0.3 is 21.1 Å². The summed E-state index contributed by atoms with van der Waals surface area (Å²) < 4.78 is 0.800. The Kier molecular flexibility index (Phi) is 6.46.